The molecule has 2 aromatic rings. The molecule has 4 N–H and O–H groups in total. The Balaban J connectivity index is 1.58. The predicted octanol–water partition coefficient (Wildman–Crippen LogP) is 2.55. The Kier molecular flexibility index (Phi) is 8.61. The molecule has 4 rings (SSSR count). The lowest BCUT2D eigenvalue weighted by molar-refractivity contribution is -0.211. The van der Waals surface area contributed by atoms with Crippen molar-refractivity contribution in [3.05, 3.63) is 35.5 Å². The van der Waals surface area contributed by atoms with Crippen LogP contribution in [0.15, 0.2) is 24.3 Å². The quantitative estimate of drug-likeness (QED) is 0.282. The lowest BCUT2D eigenvalue weighted by Crippen LogP contribution is -2.38. The Morgan fingerprint density at radius 1 is 1.27 bits per heavy atom. The summed E-state index contributed by atoms with van der Waals surface area (Å²) in [6, 6.07) is 4.83. The first-order valence-corrected chi connectivity index (χ1v) is 14.1. The van der Waals surface area contributed by atoms with E-state index in [4.69, 9.17) is 14.9 Å². The van der Waals surface area contributed by atoms with Crippen LogP contribution in [-0.2, 0) is 10.0 Å². The Morgan fingerprint density at radius 2 is 2.00 bits per heavy atom. The first-order valence-electron chi connectivity index (χ1n) is 12.5. The molecule has 0 spiro atoms. The van der Waals surface area contributed by atoms with Crippen LogP contribution in [-0.4, -0.2) is 85.3 Å². The SMILES string of the molecule is Cc1cc(NC(=O)c2ccc(NS(=O)(=O)CCO)cc2N2CC[C@@]3(C(F)F)C[C@H]3C2)nc(OC[C@@H](O)C(F)(F)F)n1. The summed E-state index contributed by atoms with van der Waals surface area (Å²) in [6.07, 6.45) is -9.67. The smallest absolute Gasteiger partial charge is 0.417 e. The number of fused-ring (bicyclic) bond motifs is 1. The van der Waals surface area contributed by atoms with Gasteiger partial charge in [0.15, 0.2) is 6.10 Å². The number of anilines is 3. The monoisotopic (exact) mass is 609 g/mol. The predicted molar refractivity (Wildman–Crippen MR) is 137 cm³/mol. The van der Waals surface area contributed by atoms with Gasteiger partial charge in [-0.2, -0.15) is 18.2 Å². The van der Waals surface area contributed by atoms with Crippen LogP contribution in [0.5, 0.6) is 6.01 Å². The molecule has 2 heterocycles. The number of rotatable bonds is 11. The van der Waals surface area contributed by atoms with E-state index in [2.05, 4.69) is 20.0 Å². The molecule has 2 aliphatic rings. The maximum atomic E-state index is 13.6. The highest BCUT2D eigenvalue weighted by Crippen LogP contribution is 2.61. The van der Waals surface area contributed by atoms with E-state index in [1.54, 1.807) is 4.90 Å². The highest BCUT2D eigenvalue weighted by molar-refractivity contribution is 7.92. The zero-order valence-corrected chi connectivity index (χ0v) is 22.5. The molecule has 3 atom stereocenters. The van der Waals surface area contributed by atoms with E-state index in [9.17, 15) is 35.2 Å². The van der Waals surface area contributed by atoms with Crippen LogP contribution in [0.3, 0.4) is 0 Å². The van der Waals surface area contributed by atoms with Gasteiger partial charge < -0.3 is 25.2 Å². The summed E-state index contributed by atoms with van der Waals surface area (Å²) in [7, 11) is -3.91. The minimum atomic E-state index is -4.92. The molecule has 0 bridgehead atoms. The zero-order valence-electron chi connectivity index (χ0n) is 21.7. The van der Waals surface area contributed by atoms with Crippen LogP contribution in [0.4, 0.5) is 39.1 Å². The number of hydrogen-bond donors (Lipinski definition) is 4. The molecule has 1 aliphatic carbocycles. The molecule has 1 amide bonds. The van der Waals surface area contributed by atoms with Gasteiger partial charge in [0.05, 0.1) is 29.3 Å². The van der Waals surface area contributed by atoms with Crippen molar-refractivity contribution >= 4 is 33.1 Å². The maximum absolute atomic E-state index is 13.6. The fourth-order valence-electron chi connectivity index (χ4n) is 4.75. The van der Waals surface area contributed by atoms with Gasteiger partial charge in [-0.1, -0.05) is 0 Å². The van der Waals surface area contributed by atoms with Gasteiger partial charge in [-0.05, 0) is 43.9 Å². The van der Waals surface area contributed by atoms with E-state index >= 15 is 0 Å². The van der Waals surface area contributed by atoms with E-state index in [0.29, 0.717) is 6.42 Å². The third kappa shape index (κ3) is 7.13. The Hall–Kier alpha value is -3.31. The van der Waals surface area contributed by atoms with Gasteiger partial charge in [0.25, 0.3) is 5.91 Å². The van der Waals surface area contributed by atoms with Crippen molar-refractivity contribution in [2.24, 2.45) is 11.3 Å². The minimum Gasteiger partial charge on any atom is -0.460 e. The van der Waals surface area contributed by atoms with Gasteiger partial charge >= 0.3 is 12.2 Å². The van der Waals surface area contributed by atoms with Crippen LogP contribution in [0.1, 0.15) is 28.9 Å². The normalized spacial score (nSPS) is 21.3. The van der Waals surface area contributed by atoms with Crippen LogP contribution < -0.4 is 19.7 Å². The number of sulfonamides is 1. The molecule has 1 aromatic heterocycles. The Labute approximate surface area is 231 Å². The van der Waals surface area contributed by atoms with Gasteiger partial charge in [0.1, 0.15) is 12.4 Å². The third-order valence-corrected chi connectivity index (χ3v) is 8.31. The second-order valence-corrected chi connectivity index (χ2v) is 11.8. The number of ether oxygens (including phenoxy) is 1. The average molecular weight is 610 g/mol. The van der Waals surface area contributed by atoms with Crippen molar-refractivity contribution < 1.29 is 50.1 Å². The molecule has 0 radical (unpaired) electrons. The summed E-state index contributed by atoms with van der Waals surface area (Å²) in [5.74, 6) is -1.73. The number of aliphatic hydroxyl groups excluding tert-OH is 2. The summed E-state index contributed by atoms with van der Waals surface area (Å²) in [6.45, 7) is 0.0746. The number of aromatic nitrogens is 2. The number of carbonyl (C=O) groups excluding carboxylic acids is 1. The van der Waals surface area contributed by atoms with Crippen LogP contribution in [0.2, 0.25) is 0 Å². The third-order valence-electron chi connectivity index (χ3n) is 7.04. The van der Waals surface area contributed by atoms with Crippen molar-refractivity contribution in [3.8, 4) is 6.01 Å². The first-order chi connectivity index (χ1) is 19.1. The summed E-state index contributed by atoms with van der Waals surface area (Å²) in [5, 5.41) is 20.7. The maximum Gasteiger partial charge on any atom is 0.417 e. The first kappa shape index (κ1) is 30.6. The molecule has 1 saturated heterocycles. The number of nitrogens with one attached hydrogen (secondary N) is 2. The molecule has 17 heteroatoms. The Morgan fingerprint density at radius 3 is 2.63 bits per heavy atom. The molecular formula is C24H28F5N5O6S. The standard InChI is InChI=1S/C24H28F5N5O6S/c1-13-8-19(32-22(30-13)40-12-18(36)24(27,28)29)31-20(37)16-3-2-15(33-41(38,39)7-6-35)9-17(16)34-5-4-23(21(25)26)10-14(23)11-34/h2-3,8-9,14,18,21,33,35-36H,4-7,10-12H2,1H3,(H,30,31,32,37)/t14-,18+,23+/m0/s1. The summed E-state index contributed by atoms with van der Waals surface area (Å²) in [4.78, 5) is 22.8. The minimum absolute atomic E-state index is 0.0477. The molecule has 11 nitrogen and oxygen atoms in total. The van der Waals surface area contributed by atoms with Gasteiger partial charge in [-0.15, -0.1) is 0 Å². The Bertz CT molecular complexity index is 1400. The van der Waals surface area contributed by atoms with Crippen LogP contribution in [0, 0.1) is 18.3 Å². The number of benzene rings is 1. The number of aryl methyl sites for hydroxylation is 1. The molecule has 41 heavy (non-hydrogen) atoms. The fourth-order valence-corrected chi connectivity index (χ4v) is 5.58. The van der Waals surface area contributed by atoms with Gasteiger partial charge in [-0.3, -0.25) is 9.52 Å². The van der Waals surface area contributed by atoms with E-state index in [1.165, 1.54) is 31.2 Å². The average Bonchev–Trinajstić information content (AvgIpc) is 3.61. The number of amides is 1. The number of nitrogens with zero attached hydrogens (tertiary/aromatic N) is 3. The lowest BCUT2D eigenvalue weighted by Gasteiger charge is -2.34. The van der Waals surface area contributed by atoms with Gasteiger partial charge in [0.2, 0.25) is 16.4 Å². The van der Waals surface area contributed by atoms with Crippen LogP contribution >= 0.6 is 0 Å². The molecule has 1 aliphatic heterocycles. The molecule has 226 valence electrons. The molecule has 0 unspecified atom stereocenters. The number of halogens is 5. The number of carbonyl (C=O) groups is 1. The van der Waals surface area contributed by atoms with Crippen molar-refractivity contribution in [1.82, 2.24) is 9.97 Å². The summed E-state index contributed by atoms with van der Waals surface area (Å²) in [5.41, 5.74) is -0.436. The second-order valence-electron chi connectivity index (χ2n) is 10.0. The van der Waals surface area contributed by atoms with E-state index in [-0.39, 0.29) is 53.9 Å². The number of aliphatic hydroxyl groups is 2. The van der Waals surface area contributed by atoms with E-state index in [1.807, 2.05) is 0 Å². The fraction of sp³-hybridized carbons (Fsp3) is 0.542. The molecular weight excluding hydrogens is 581 g/mol. The van der Waals surface area contributed by atoms with Crippen LogP contribution in [0.25, 0.3) is 0 Å². The summed E-state index contributed by atoms with van der Waals surface area (Å²) >= 11 is 0. The van der Waals surface area contributed by atoms with Crippen molar-refractivity contribution in [1.29, 1.82) is 0 Å². The van der Waals surface area contributed by atoms with Crippen molar-refractivity contribution in [3.63, 3.8) is 0 Å². The van der Waals surface area contributed by atoms with Gasteiger partial charge in [0, 0.05) is 30.3 Å². The molecule has 2 fully saturated rings. The molecule has 1 saturated carbocycles. The van der Waals surface area contributed by atoms with Crippen molar-refractivity contribution in [2.45, 2.75) is 38.5 Å². The number of hydrogen-bond acceptors (Lipinski definition) is 9. The zero-order chi connectivity index (χ0) is 30.2. The second kappa shape index (κ2) is 11.5. The number of alkyl halides is 5. The largest absolute Gasteiger partial charge is 0.460 e. The molecule has 1 aromatic carbocycles. The summed E-state index contributed by atoms with van der Waals surface area (Å²) < 4.78 is 96.5. The van der Waals surface area contributed by atoms with E-state index in [0.717, 1.165) is 0 Å². The highest BCUT2D eigenvalue weighted by atomic mass is 32.2. The van der Waals surface area contributed by atoms with Crippen molar-refractivity contribution in [2.75, 3.05) is 47.0 Å². The van der Waals surface area contributed by atoms with E-state index < -0.39 is 65.0 Å². The lowest BCUT2D eigenvalue weighted by atomic mass is 9.95. The topological polar surface area (TPSA) is 154 Å². The number of piperidine rings is 1. The highest BCUT2D eigenvalue weighted by Gasteiger charge is 2.62. The van der Waals surface area contributed by atoms with Gasteiger partial charge in [-0.25, -0.2) is 22.2 Å².